The molecule has 0 saturated carbocycles. The largest absolute Gasteiger partial charge is 0.469 e. The van der Waals surface area contributed by atoms with E-state index in [-0.39, 0.29) is 30.4 Å². The molecule has 5 heteroatoms. The molecule has 1 rings (SSSR count). The number of hydrogen-bond acceptors (Lipinski definition) is 5. The third-order valence-corrected chi connectivity index (χ3v) is 3.59. The Balaban J connectivity index is 2.57. The van der Waals surface area contributed by atoms with Crippen molar-refractivity contribution in [3.63, 3.8) is 0 Å². The van der Waals surface area contributed by atoms with Crippen molar-refractivity contribution in [2.24, 2.45) is 0 Å². The zero-order chi connectivity index (χ0) is 16.4. The lowest BCUT2D eigenvalue weighted by Gasteiger charge is -2.23. The van der Waals surface area contributed by atoms with Crippen LogP contribution in [0.2, 0.25) is 0 Å². The molecule has 1 aromatic rings. The highest BCUT2D eigenvalue weighted by molar-refractivity contribution is 5.70. The first-order valence-electron chi connectivity index (χ1n) is 7.51. The normalized spacial score (nSPS) is 13.2. The molecule has 5 nitrogen and oxygen atoms in total. The van der Waals surface area contributed by atoms with Crippen molar-refractivity contribution in [1.82, 2.24) is 5.32 Å². The fourth-order valence-electron chi connectivity index (χ4n) is 2.32. The number of benzene rings is 1. The molecule has 0 radical (unpaired) electrons. The van der Waals surface area contributed by atoms with Crippen LogP contribution < -0.4 is 5.32 Å². The van der Waals surface area contributed by atoms with Gasteiger partial charge in [0.1, 0.15) is 0 Å². The molecule has 0 unspecified atom stereocenters. The summed E-state index contributed by atoms with van der Waals surface area (Å²) in [4.78, 5) is 22.7. The highest BCUT2D eigenvalue weighted by Crippen LogP contribution is 2.16. The Morgan fingerprint density at radius 3 is 2.32 bits per heavy atom. The van der Waals surface area contributed by atoms with Crippen LogP contribution in [-0.2, 0) is 19.1 Å². The summed E-state index contributed by atoms with van der Waals surface area (Å²) in [5, 5.41) is 3.44. The summed E-state index contributed by atoms with van der Waals surface area (Å²) in [6.07, 6.45) is 2.02. The van der Waals surface area contributed by atoms with Crippen molar-refractivity contribution in [2.45, 2.75) is 44.7 Å². The van der Waals surface area contributed by atoms with Crippen LogP contribution in [0.15, 0.2) is 30.3 Å². The maximum absolute atomic E-state index is 11.5. The van der Waals surface area contributed by atoms with E-state index in [1.807, 2.05) is 30.3 Å². The summed E-state index contributed by atoms with van der Waals surface area (Å²) >= 11 is 0. The van der Waals surface area contributed by atoms with Crippen LogP contribution in [0.4, 0.5) is 0 Å². The minimum atomic E-state index is -0.254. The fraction of sp³-hybridized carbons (Fsp3) is 0.529. The average molecular weight is 307 g/mol. The van der Waals surface area contributed by atoms with Gasteiger partial charge in [0.2, 0.25) is 0 Å². The molecule has 0 aliphatic heterocycles. The molecule has 0 amide bonds. The number of hydrogen-bond donors (Lipinski definition) is 1. The van der Waals surface area contributed by atoms with Gasteiger partial charge in [0.25, 0.3) is 0 Å². The molecule has 0 aliphatic rings. The van der Waals surface area contributed by atoms with Gasteiger partial charge in [0.15, 0.2) is 0 Å². The van der Waals surface area contributed by atoms with Crippen LogP contribution in [0.3, 0.4) is 0 Å². The number of ether oxygens (including phenoxy) is 2. The highest BCUT2D eigenvalue weighted by Gasteiger charge is 2.17. The van der Waals surface area contributed by atoms with E-state index < -0.39 is 0 Å². The predicted octanol–water partition coefficient (Wildman–Crippen LogP) is 2.61. The van der Waals surface area contributed by atoms with Gasteiger partial charge in [-0.2, -0.15) is 0 Å². The lowest BCUT2D eigenvalue weighted by Crippen LogP contribution is -2.34. The van der Waals surface area contributed by atoms with Crippen LogP contribution >= 0.6 is 0 Å². The van der Waals surface area contributed by atoms with Crippen LogP contribution in [0.25, 0.3) is 0 Å². The van der Waals surface area contributed by atoms with Gasteiger partial charge in [-0.15, -0.1) is 0 Å². The maximum Gasteiger partial charge on any atom is 0.307 e. The Bertz CT molecular complexity index is 461. The lowest BCUT2D eigenvalue weighted by molar-refractivity contribution is -0.141. The van der Waals surface area contributed by atoms with Crippen molar-refractivity contribution in [3.8, 4) is 0 Å². The molecule has 0 saturated heterocycles. The summed E-state index contributed by atoms with van der Waals surface area (Å²) in [6.45, 7) is 2.06. The van der Waals surface area contributed by atoms with E-state index in [1.165, 1.54) is 14.2 Å². The molecule has 1 aromatic carbocycles. The SMILES string of the molecule is COC(=O)CCC[C@H](CC(=O)OC)N[C@@H](C)c1ccccc1. The molecule has 0 aliphatic carbocycles. The fourth-order valence-corrected chi connectivity index (χ4v) is 2.32. The molecule has 122 valence electrons. The zero-order valence-corrected chi connectivity index (χ0v) is 13.5. The first-order valence-corrected chi connectivity index (χ1v) is 7.51. The second-order valence-electron chi connectivity index (χ2n) is 5.24. The second-order valence-corrected chi connectivity index (χ2v) is 5.24. The van der Waals surface area contributed by atoms with E-state index in [0.29, 0.717) is 19.3 Å². The van der Waals surface area contributed by atoms with Gasteiger partial charge < -0.3 is 14.8 Å². The topological polar surface area (TPSA) is 64.6 Å². The molecular weight excluding hydrogens is 282 g/mol. The van der Waals surface area contributed by atoms with E-state index in [4.69, 9.17) is 4.74 Å². The van der Waals surface area contributed by atoms with Crippen molar-refractivity contribution in [3.05, 3.63) is 35.9 Å². The molecule has 1 N–H and O–H groups in total. The number of nitrogens with one attached hydrogen (secondary N) is 1. The van der Waals surface area contributed by atoms with Crippen LogP contribution in [0.5, 0.6) is 0 Å². The maximum atomic E-state index is 11.5. The van der Waals surface area contributed by atoms with Crippen molar-refractivity contribution < 1.29 is 19.1 Å². The smallest absolute Gasteiger partial charge is 0.307 e. The van der Waals surface area contributed by atoms with Crippen LogP contribution in [0, 0.1) is 0 Å². The predicted molar refractivity (Wildman–Crippen MR) is 84.3 cm³/mol. The summed E-state index contributed by atoms with van der Waals surface area (Å²) in [5.41, 5.74) is 1.16. The number of methoxy groups -OCH3 is 2. The van der Waals surface area contributed by atoms with Crippen molar-refractivity contribution in [2.75, 3.05) is 14.2 Å². The number of carbonyl (C=O) groups is 2. The molecule has 0 aromatic heterocycles. The molecule has 0 fully saturated rings. The first-order chi connectivity index (χ1) is 10.6. The third-order valence-electron chi connectivity index (χ3n) is 3.59. The lowest BCUT2D eigenvalue weighted by atomic mass is 10.0. The Labute approximate surface area is 132 Å². The van der Waals surface area contributed by atoms with Gasteiger partial charge >= 0.3 is 11.9 Å². The number of rotatable bonds is 9. The highest BCUT2D eigenvalue weighted by atomic mass is 16.5. The monoisotopic (exact) mass is 307 g/mol. The molecule has 2 atom stereocenters. The zero-order valence-electron chi connectivity index (χ0n) is 13.5. The Morgan fingerprint density at radius 1 is 1.09 bits per heavy atom. The molecular formula is C17H25NO4. The standard InChI is InChI=1S/C17H25NO4/c1-13(14-8-5-4-6-9-14)18-15(12-17(20)22-3)10-7-11-16(19)21-2/h4-6,8-9,13,15,18H,7,10-12H2,1-3H3/t13-,15+/m0/s1. The number of esters is 2. The minimum Gasteiger partial charge on any atom is -0.469 e. The van der Waals surface area contributed by atoms with Gasteiger partial charge in [-0.1, -0.05) is 30.3 Å². The van der Waals surface area contributed by atoms with Crippen molar-refractivity contribution in [1.29, 1.82) is 0 Å². The van der Waals surface area contributed by atoms with Crippen LogP contribution in [0.1, 0.15) is 44.2 Å². The Kier molecular flexibility index (Phi) is 8.22. The average Bonchev–Trinajstić information content (AvgIpc) is 2.55. The molecule has 22 heavy (non-hydrogen) atoms. The van der Waals surface area contributed by atoms with E-state index in [9.17, 15) is 9.59 Å². The summed E-state index contributed by atoms with van der Waals surface area (Å²) < 4.78 is 9.38. The third kappa shape index (κ3) is 6.72. The Hall–Kier alpha value is -1.88. The second kappa shape index (κ2) is 9.95. The van der Waals surface area contributed by atoms with Gasteiger partial charge in [-0.3, -0.25) is 9.59 Å². The summed E-state index contributed by atoms with van der Waals surface area (Å²) in [6, 6.07) is 10.1. The summed E-state index contributed by atoms with van der Waals surface area (Å²) in [7, 11) is 2.76. The molecule has 0 spiro atoms. The molecule has 0 bridgehead atoms. The van der Waals surface area contributed by atoms with Crippen molar-refractivity contribution >= 4 is 11.9 Å². The molecule has 0 heterocycles. The Morgan fingerprint density at radius 2 is 1.73 bits per heavy atom. The van der Waals surface area contributed by atoms with Gasteiger partial charge in [0.05, 0.1) is 20.6 Å². The van der Waals surface area contributed by atoms with E-state index in [0.717, 1.165) is 5.56 Å². The van der Waals surface area contributed by atoms with E-state index in [2.05, 4.69) is 17.0 Å². The van der Waals surface area contributed by atoms with E-state index in [1.54, 1.807) is 0 Å². The quantitative estimate of drug-likeness (QED) is 0.710. The first kappa shape index (κ1) is 18.2. The van der Waals surface area contributed by atoms with Crippen LogP contribution in [-0.4, -0.2) is 32.2 Å². The minimum absolute atomic E-state index is 0.0349. The van der Waals surface area contributed by atoms with Gasteiger partial charge in [-0.25, -0.2) is 0 Å². The summed E-state index contributed by atoms with van der Waals surface area (Å²) in [5.74, 6) is -0.483. The van der Waals surface area contributed by atoms with Gasteiger partial charge in [-0.05, 0) is 25.3 Å². The van der Waals surface area contributed by atoms with E-state index >= 15 is 0 Å². The number of carbonyl (C=O) groups excluding carboxylic acids is 2. The van der Waals surface area contributed by atoms with Gasteiger partial charge in [0, 0.05) is 18.5 Å².